The maximum absolute atomic E-state index is 12.2. The Labute approximate surface area is 159 Å². The molecule has 0 saturated carbocycles. The lowest BCUT2D eigenvalue weighted by Crippen LogP contribution is -2.28. The van der Waals surface area contributed by atoms with Gasteiger partial charge < -0.3 is 9.84 Å². The van der Waals surface area contributed by atoms with Crippen LogP contribution in [0.5, 0.6) is 0 Å². The number of carbonyl (C=O) groups is 1. The van der Waals surface area contributed by atoms with Gasteiger partial charge in [0.15, 0.2) is 6.04 Å². The summed E-state index contributed by atoms with van der Waals surface area (Å²) in [5.74, 6) is -0.772. The van der Waals surface area contributed by atoms with Crippen molar-refractivity contribution < 1.29 is 24.5 Å². The Kier molecular flexibility index (Phi) is 6.88. The molecule has 0 fully saturated rings. The molecule has 0 aromatic heterocycles. The molecule has 28 heavy (non-hydrogen) atoms. The molecule has 0 unspecified atom stereocenters. The van der Waals surface area contributed by atoms with Crippen molar-refractivity contribution >= 4 is 23.6 Å². The van der Waals surface area contributed by atoms with Crippen LogP contribution in [0.2, 0.25) is 0 Å². The highest BCUT2D eigenvalue weighted by molar-refractivity contribution is 5.84. The fourth-order valence-electron chi connectivity index (χ4n) is 2.32. The molecule has 2 aromatic carbocycles. The van der Waals surface area contributed by atoms with Gasteiger partial charge in [-0.25, -0.2) is 4.79 Å². The maximum atomic E-state index is 12.2. The Morgan fingerprint density at radius 3 is 2.04 bits per heavy atom. The lowest BCUT2D eigenvalue weighted by Gasteiger charge is -2.18. The fourth-order valence-corrected chi connectivity index (χ4v) is 2.32. The molecule has 0 spiro atoms. The number of hydrogen-bond acceptors (Lipinski definition) is 8. The van der Waals surface area contributed by atoms with Crippen LogP contribution in [0.1, 0.15) is 24.2 Å². The van der Waals surface area contributed by atoms with Gasteiger partial charge in [-0.05, 0) is 42.3 Å². The van der Waals surface area contributed by atoms with Gasteiger partial charge in [0, 0.05) is 30.5 Å². The van der Waals surface area contributed by atoms with E-state index in [0.717, 1.165) is 0 Å². The summed E-state index contributed by atoms with van der Waals surface area (Å²) in [5, 5.41) is 32.0. The molecule has 146 valence electrons. The Morgan fingerprint density at radius 2 is 1.57 bits per heavy atom. The van der Waals surface area contributed by atoms with Crippen LogP contribution in [-0.2, 0) is 9.53 Å². The van der Waals surface area contributed by atoms with Crippen LogP contribution >= 0.6 is 0 Å². The Morgan fingerprint density at radius 1 is 1.07 bits per heavy atom. The standard InChI is InChI=1S/C18H17N3O7/c1-2-28-18(23)16(17(22)13-5-9-15(10-6-13)21(26)27)19-11-12-3-7-14(8-4-12)20(24)25/h3-11,16-17,22H,2H2,1H3/t16-,17+/m0/s1. The summed E-state index contributed by atoms with van der Waals surface area (Å²) in [4.78, 5) is 36.6. The van der Waals surface area contributed by atoms with E-state index in [9.17, 15) is 30.1 Å². The van der Waals surface area contributed by atoms with Crippen LogP contribution in [0.25, 0.3) is 0 Å². The number of ether oxygens (including phenoxy) is 1. The van der Waals surface area contributed by atoms with Crippen molar-refractivity contribution in [1.29, 1.82) is 0 Å². The summed E-state index contributed by atoms with van der Waals surface area (Å²) in [5.41, 5.74) is 0.489. The van der Waals surface area contributed by atoms with Crippen molar-refractivity contribution in [2.75, 3.05) is 6.61 Å². The van der Waals surface area contributed by atoms with Gasteiger partial charge in [0.25, 0.3) is 11.4 Å². The van der Waals surface area contributed by atoms with Gasteiger partial charge in [-0.2, -0.15) is 0 Å². The summed E-state index contributed by atoms with van der Waals surface area (Å²) in [6, 6.07) is 9.23. The molecule has 2 rings (SSSR count). The molecular weight excluding hydrogens is 370 g/mol. The Balaban J connectivity index is 2.26. The third kappa shape index (κ3) is 5.17. The second-order valence-electron chi connectivity index (χ2n) is 5.62. The van der Waals surface area contributed by atoms with Gasteiger partial charge in [0.05, 0.1) is 16.5 Å². The van der Waals surface area contributed by atoms with Crippen LogP contribution in [0, 0.1) is 20.2 Å². The van der Waals surface area contributed by atoms with Crippen molar-refractivity contribution in [2.24, 2.45) is 4.99 Å². The zero-order valence-corrected chi connectivity index (χ0v) is 14.8. The first-order valence-corrected chi connectivity index (χ1v) is 8.20. The van der Waals surface area contributed by atoms with Crippen molar-refractivity contribution in [3.8, 4) is 0 Å². The molecule has 10 nitrogen and oxygen atoms in total. The largest absolute Gasteiger partial charge is 0.464 e. The number of nitro benzene ring substituents is 2. The van der Waals surface area contributed by atoms with Crippen LogP contribution in [0.4, 0.5) is 11.4 Å². The van der Waals surface area contributed by atoms with E-state index in [1.165, 1.54) is 54.7 Å². The van der Waals surface area contributed by atoms with Crippen molar-refractivity contribution in [3.05, 3.63) is 79.9 Å². The number of nitrogens with zero attached hydrogens (tertiary/aromatic N) is 3. The first-order valence-electron chi connectivity index (χ1n) is 8.20. The zero-order valence-electron chi connectivity index (χ0n) is 14.8. The Hall–Kier alpha value is -3.66. The molecule has 2 atom stereocenters. The zero-order chi connectivity index (χ0) is 20.7. The summed E-state index contributed by atoms with van der Waals surface area (Å²) >= 11 is 0. The van der Waals surface area contributed by atoms with Crippen LogP contribution < -0.4 is 0 Å². The third-order valence-corrected chi connectivity index (χ3v) is 3.76. The molecule has 10 heteroatoms. The minimum Gasteiger partial charge on any atom is -0.464 e. The van der Waals surface area contributed by atoms with Crippen molar-refractivity contribution in [3.63, 3.8) is 0 Å². The highest BCUT2D eigenvalue weighted by atomic mass is 16.6. The number of esters is 1. The van der Waals surface area contributed by atoms with Crippen molar-refractivity contribution in [1.82, 2.24) is 0 Å². The molecule has 0 amide bonds. The van der Waals surface area contributed by atoms with Crippen LogP contribution in [0.3, 0.4) is 0 Å². The molecule has 0 heterocycles. The highest BCUT2D eigenvalue weighted by Crippen LogP contribution is 2.23. The minimum absolute atomic E-state index is 0.0787. The second-order valence-corrected chi connectivity index (χ2v) is 5.62. The number of aliphatic hydroxyl groups is 1. The van der Waals surface area contributed by atoms with E-state index in [1.807, 2.05) is 0 Å². The van der Waals surface area contributed by atoms with Gasteiger partial charge in [-0.15, -0.1) is 0 Å². The average Bonchev–Trinajstić information content (AvgIpc) is 2.68. The smallest absolute Gasteiger partial charge is 0.333 e. The first-order chi connectivity index (χ1) is 13.3. The number of rotatable bonds is 8. The summed E-state index contributed by atoms with van der Waals surface area (Å²) < 4.78 is 4.94. The molecular formula is C18H17N3O7. The van der Waals surface area contributed by atoms with Gasteiger partial charge in [0.2, 0.25) is 0 Å². The second kappa shape index (κ2) is 9.33. The van der Waals surface area contributed by atoms with E-state index in [1.54, 1.807) is 6.92 Å². The average molecular weight is 387 g/mol. The Bertz CT molecular complexity index is 879. The molecule has 0 aliphatic rings. The maximum Gasteiger partial charge on any atom is 0.333 e. The molecule has 0 bridgehead atoms. The summed E-state index contributed by atoms with van der Waals surface area (Å²) in [6.07, 6.45) is -0.103. The number of benzene rings is 2. The normalized spacial score (nSPS) is 13.1. The van der Waals surface area contributed by atoms with Gasteiger partial charge in [0.1, 0.15) is 6.10 Å². The molecule has 0 aliphatic carbocycles. The first kappa shape index (κ1) is 20.6. The molecule has 0 saturated heterocycles. The number of nitro groups is 2. The van der Waals surface area contributed by atoms with Crippen molar-refractivity contribution in [2.45, 2.75) is 19.1 Å². The fraction of sp³-hybridized carbons (Fsp3) is 0.222. The minimum atomic E-state index is -1.39. The van der Waals surface area contributed by atoms with E-state index in [4.69, 9.17) is 4.74 Å². The number of aliphatic hydroxyl groups excluding tert-OH is 1. The number of carbonyl (C=O) groups excluding carboxylic acids is 1. The van der Waals surface area contributed by atoms with Crippen LogP contribution in [-0.4, -0.2) is 39.8 Å². The highest BCUT2D eigenvalue weighted by Gasteiger charge is 2.29. The van der Waals surface area contributed by atoms with Crippen LogP contribution in [0.15, 0.2) is 53.5 Å². The number of aliphatic imine (C=N–C) groups is 1. The quantitative estimate of drug-likeness (QED) is 0.317. The van der Waals surface area contributed by atoms with E-state index in [2.05, 4.69) is 4.99 Å². The topological polar surface area (TPSA) is 145 Å². The van der Waals surface area contributed by atoms with Gasteiger partial charge in [-0.3, -0.25) is 25.2 Å². The predicted octanol–water partition coefficient (Wildman–Crippen LogP) is 2.59. The van der Waals surface area contributed by atoms with Gasteiger partial charge >= 0.3 is 5.97 Å². The summed E-state index contributed by atoms with van der Waals surface area (Å²) in [6.45, 7) is 1.68. The lowest BCUT2D eigenvalue weighted by molar-refractivity contribution is -0.385. The van der Waals surface area contributed by atoms with E-state index >= 15 is 0 Å². The number of hydrogen-bond donors (Lipinski definition) is 1. The van der Waals surface area contributed by atoms with E-state index < -0.39 is 28.0 Å². The van der Waals surface area contributed by atoms with Gasteiger partial charge in [-0.1, -0.05) is 0 Å². The lowest BCUT2D eigenvalue weighted by atomic mass is 10.0. The summed E-state index contributed by atoms with van der Waals surface area (Å²) in [7, 11) is 0. The molecule has 1 N–H and O–H groups in total. The SMILES string of the molecule is CCOC(=O)[C@@H](N=Cc1ccc([N+](=O)[O-])cc1)[C@H](O)c1ccc([N+](=O)[O-])cc1. The monoisotopic (exact) mass is 387 g/mol. The molecule has 0 radical (unpaired) electrons. The van der Waals surface area contributed by atoms with E-state index in [0.29, 0.717) is 5.56 Å². The molecule has 0 aliphatic heterocycles. The predicted molar refractivity (Wildman–Crippen MR) is 99.2 cm³/mol. The molecule has 2 aromatic rings. The number of non-ortho nitro benzene ring substituents is 2. The van der Waals surface area contributed by atoms with E-state index in [-0.39, 0.29) is 23.5 Å². The third-order valence-electron chi connectivity index (χ3n) is 3.76.